The second-order valence-electron chi connectivity index (χ2n) is 5.13. The average molecular weight is 287 g/mol. The first-order chi connectivity index (χ1) is 9.47. The number of rotatable bonds is 5. The molecule has 0 amide bonds. The van der Waals surface area contributed by atoms with Crippen LogP contribution in [-0.4, -0.2) is 31.1 Å². The minimum atomic E-state index is -4.41. The zero-order chi connectivity index (χ0) is 14.6. The molecule has 1 fully saturated rings. The Morgan fingerprint density at radius 3 is 2.55 bits per heavy atom. The lowest BCUT2D eigenvalue weighted by molar-refractivity contribution is -0.136. The van der Waals surface area contributed by atoms with Crippen molar-refractivity contribution in [2.45, 2.75) is 25.4 Å². The van der Waals surface area contributed by atoms with Crippen molar-refractivity contribution in [3.63, 3.8) is 0 Å². The van der Waals surface area contributed by atoms with Crippen LogP contribution in [0.15, 0.2) is 18.2 Å². The number of nitrogens with two attached hydrogens (primary N) is 1. The molecule has 1 aliphatic rings. The summed E-state index contributed by atoms with van der Waals surface area (Å²) in [7, 11) is 0. The van der Waals surface area contributed by atoms with E-state index in [1.165, 1.54) is 18.9 Å². The van der Waals surface area contributed by atoms with E-state index in [0.29, 0.717) is 12.2 Å². The van der Waals surface area contributed by atoms with Gasteiger partial charge in [-0.25, -0.2) is 0 Å². The van der Waals surface area contributed by atoms with Crippen LogP contribution >= 0.6 is 0 Å². The Balaban J connectivity index is 1.83. The molecule has 1 aliphatic heterocycles. The summed E-state index contributed by atoms with van der Waals surface area (Å²) in [5, 5.41) is 3.03. The summed E-state index contributed by atoms with van der Waals surface area (Å²) in [6, 6.07) is 3.96. The van der Waals surface area contributed by atoms with E-state index in [9.17, 15) is 13.2 Å². The predicted molar refractivity (Wildman–Crippen MR) is 74.6 cm³/mol. The van der Waals surface area contributed by atoms with E-state index in [2.05, 4.69) is 10.2 Å². The van der Waals surface area contributed by atoms with Crippen LogP contribution in [-0.2, 0) is 6.18 Å². The van der Waals surface area contributed by atoms with Crippen molar-refractivity contribution >= 4 is 11.4 Å². The monoisotopic (exact) mass is 287 g/mol. The smallest absolute Gasteiger partial charge is 0.398 e. The largest absolute Gasteiger partial charge is 0.418 e. The Hall–Kier alpha value is -1.43. The van der Waals surface area contributed by atoms with Crippen molar-refractivity contribution in [1.82, 2.24) is 4.90 Å². The quantitative estimate of drug-likeness (QED) is 0.645. The third-order valence-electron chi connectivity index (χ3n) is 3.54. The maximum atomic E-state index is 12.7. The molecular formula is C14H20F3N3. The summed E-state index contributed by atoms with van der Waals surface area (Å²) >= 11 is 0. The van der Waals surface area contributed by atoms with Gasteiger partial charge in [0, 0.05) is 17.9 Å². The molecule has 0 unspecified atom stereocenters. The summed E-state index contributed by atoms with van der Waals surface area (Å²) in [5.41, 5.74) is 4.81. The molecule has 1 saturated heterocycles. The van der Waals surface area contributed by atoms with Crippen LogP contribution in [0.3, 0.4) is 0 Å². The number of alkyl halides is 3. The van der Waals surface area contributed by atoms with Gasteiger partial charge in [0.05, 0.1) is 5.56 Å². The van der Waals surface area contributed by atoms with Crippen LogP contribution in [0.5, 0.6) is 0 Å². The van der Waals surface area contributed by atoms with E-state index < -0.39 is 11.7 Å². The van der Waals surface area contributed by atoms with E-state index in [-0.39, 0.29) is 5.69 Å². The van der Waals surface area contributed by atoms with Crippen LogP contribution < -0.4 is 11.1 Å². The maximum Gasteiger partial charge on any atom is 0.418 e. The zero-order valence-corrected chi connectivity index (χ0v) is 11.3. The second kappa shape index (κ2) is 6.35. The van der Waals surface area contributed by atoms with Crippen LogP contribution in [0.2, 0.25) is 0 Å². The van der Waals surface area contributed by atoms with Gasteiger partial charge in [-0.2, -0.15) is 13.2 Å². The van der Waals surface area contributed by atoms with Gasteiger partial charge in [0.25, 0.3) is 0 Å². The third kappa shape index (κ3) is 4.03. The van der Waals surface area contributed by atoms with Gasteiger partial charge in [-0.05, 0) is 57.1 Å². The molecule has 6 heteroatoms. The van der Waals surface area contributed by atoms with E-state index in [0.717, 1.165) is 32.1 Å². The first-order valence-corrected chi connectivity index (χ1v) is 6.90. The Morgan fingerprint density at radius 2 is 1.90 bits per heavy atom. The average Bonchev–Trinajstić information content (AvgIpc) is 2.88. The van der Waals surface area contributed by atoms with E-state index in [1.807, 2.05) is 0 Å². The van der Waals surface area contributed by atoms with E-state index >= 15 is 0 Å². The van der Waals surface area contributed by atoms with Crippen molar-refractivity contribution in [2.75, 3.05) is 37.2 Å². The van der Waals surface area contributed by atoms with Crippen molar-refractivity contribution in [3.05, 3.63) is 23.8 Å². The van der Waals surface area contributed by atoms with E-state index in [1.54, 1.807) is 6.07 Å². The first-order valence-electron chi connectivity index (χ1n) is 6.90. The normalized spacial score (nSPS) is 16.6. The van der Waals surface area contributed by atoms with E-state index in [4.69, 9.17) is 5.73 Å². The molecule has 0 radical (unpaired) electrons. The highest BCUT2D eigenvalue weighted by molar-refractivity contribution is 5.58. The molecule has 0 bridgehead atoms. The zero-order valence-electron chi connectivity index (χ0n) is 11.3. The van der Waals surface area contributed by atoms with Crippen LogP contribution in [0.4, 0.5) is 24.5 Å². The molecule has 0 atom stereocenters. The van der Waals surface area contributed by atoms with Gasteiger partial charge in [-0.1, -0.05) is 0 Å². The lowest BCUT2D eigenvalue weighted by Crippen LogP contribution is -2.22. The van der Waals surface area contributed by atoms with Gasteiger partial charge in [0.15, 0.2) is 0 Å². The Labute approximate surface area is 116 Å². The minimum absolute atomic E-state index is 0.236. The molecule has 3 nitrogen and oxygen atoms in total. The van der Waals surface area contributed by atoms with Gasteiger partial charge in [0.2, 0.25) is 0 Å². The fraction of sp³-hybridized carbons (Fsp3) is 0.571. The first kappa shape index (κ1) is 15.0. The molecule has 1 heterocycles. The minimum Gasteiger partial charge on any atom is -0.398 e. The fourth-order valence-corrected chi connectivity index (χ4v) is 2.45. The van der Waals surface area contributed by atoms with Crippen molar-refractivity contribution in [2.24, 2.45) is 0 Å². The van der Waals surface area contributed by atoms with Crippen molar-refractivity contribution in [1.29, 1.82) is 0 Å². The number of hydrogen-bond acceptors (Lipinski definition) is 3. The number of halogens is 3. The van der Waals surface area contributed by atoms with Crippen molar-refractivity contribution < 1.29 is 13.2 Å². The molecule has 0 aromatic heterocycles. The second-order valence-corrected chi connectivity index (χ2v) is 5.13. The number of nitrogens with one attached hydrogen (secondary N) is 1. The Kier molecular flexibility index (Phi) is 4.75. The lowest BCUT2D eigenvalue weighted by Gasteiger charge is -2.16. The Bertz CT molecular complexity index is 440. The Morgan fingerprint density at radius 1 is 1.20 bits per heavy atom. The standard InChI is InChI=1S/C14H20F3N3/c15-14(16,17)12-10-11(4-5-13(12)18)19-6-3-9-20-7-1-2-8-20/h4-5,10,19H,1-3,6-9,18H2. The number of benzene rings is 1. The van der Waals surface area contributed by atoms with Gasteiger partial charge in [-0.15, -0.1) is 0 Å². The third-order valence-corrected chi connectivity index (χ3v) is 3.54. The summed E-state index contributed by atoms with van der Waals surface area (Å²) in [6.07, 6.45) is -0.982. The van der Waals surface area contributed by atoms with Gasteiger partial charge < -0.3 is 16.0 Å². The summed E-state index contributed by atoms with van der Waals surface area (Å²) < 4.78 is 38.1. The highest BCUT2D eigenvalue weighted by Gasteiger charge is 2.33. The number of hydrogen-bond donors (Lipinski definition) is 2. The summed E-state index contributed by atoms with van der Waals surface area (Å²) in [4.78, 5) is 2.38. The molecule has 2 rings (SSSR count). The molecular weight excluding hydrogens is 267 g/mol. The molecule has 0 spiro atoms. The van der Waals surface area contributed by atoms with Gasteiger partial charge in [0.1, 0.15) is 0 Å². The number of likely N-dealkylation sites (tertiary alicyclic amines) is 1. The predicted octanol–water partition coefficient (Wildman–Crippen LogP) is 3.19. The number of anilines is 2. The lowest BCUT2D eigenvalue weighted by atomic mass is 10.1. The van der Waals surface area contributed by atoms with Gasteiger partial charge in [-0.3, -0.25) is 0 Å². The fourth-order valence-electron chi connectivity index (χ4n) is 2.45. The molecule has 3 N–H and O–H groups in total. The van der Waals surface area contributed by atoms with Crippen LogP contribution in [0.25, 0.3) is 0 Å². The molecule has 0 saturated carbocycles. The summed E-state index contributed by atoms with van der Waals surface area (Å²) in [5.74, 6) is 0. The molecule has 1 aromatic carbocycles. The molecule has 0 aliphatic carbocycles. The van der Waals surface area contributed by atoms with Gasteiger partial charge >= 0.3 is 6.18 Å². The number of nitrogen functional groups attached to an aromatic ring is 1. The van der Waals surface area contributed by atoms with Crippen LogP contribution in [0, 0.1) is 0 Å². The highest BCUT2D eigenvalue weighted by Crippen LogP contribution is 2.35. The highest BCUT2D eigenvalue weighted by atomic mass is 19.4. The maximum absolute atomic E-state index is 12.7. The topological polar surface area (TPSA) is 41.3 Å². The number of nitrogens with zero attached hydrogens (tertiary/aromatic N) is 1. The molecule has 20 heavy (non-hydrogen) atoms. The SMILES string of the molecule is Nc1ccc(NCCCN2CCCC2)cc1C(F)(F)F. The molecule has 1 aromatic rings. The van der Waals surface area contributed by atoms with Crippen LogP contribution in [0.1, 0.15) is 24.8 Å². The summed E-state index contributed by atoms with van der Waals surface area (Å²) in [6.45, 7) is 3.94. The molecule has 112 valence electrons. The van der Waals surface area contributed by atoms with Crippen molar-refractivity contribution in [3.8, 4) is 0 Å².